The van der Waals surface area contributed by atoms with Gasteiger partial charge in [-0.25, -0.2) is 4.79 Å². The number of hydrogen-bond acceptors (Lipinski definition) is 4. The van der Waals surface area contributed by atoms with Crippen molar-refractivity contribution < 1.29 is 14.4 Å². The van der Waals surface area contributed by atoms with Crippen molar-refractivity contribution in [3.63, 3.8) is 0 Å². The third-order valence-corrected chi connectivity index (χ3v) is 4.87. The van der Waals surface area contributed by atoms with Crippen molar-refractivity contribution in [1.29, 1.82) is 0 Å². The van der Waals surface area contributed by atoms with E-state index in [4.69, 9.17) is 0 Å². The Morgan fingerprint density at radius 3 is 2.54 bits per heavy atom. The van der Waals surface area contributed by atoms with E-state index >= 15 is 0 Å². The fraction of sp³-hybridized carbons (Fsp3) is 0.143. The quantitative estimate of drug-likeness (QED) is 0.687. The van der Waals surface area contributed by atoms with Gasteiger partial charge < -0.3 is 10.6 Å². The number of nitrogens with one attached hydrogen (secondary N) is 2. The first-order valence-electron chi connectivity index (χ1n) is 8.81. The first-order chi connectivity index (χ1) is 13.5. The average molecular weight is 374 g/mol. The van der Waals surface area contributed by atoms with Gasteiger partial charge in [-0.2, -0.15) is 0 Å². The van der Waals surface area contributed by atoms with Gasteiger partial charge in [0.05, 0.1) is 0 Å². The van der Waals surface area contributed by atoms with Crippen LogP contribution in [0.2, 0.25) is 0 Å². The first-order valence-corrected chi connectivity index (χ1v) is 8.81. The first kappa shape index (κ1) is 17.7. The summed E-state index contributed by atoms with van der Waals surface area (Å²) in [6, 6.07) is 16.1. The van der Waals surface area contributed by atoms with Crippen molar-refractivity contribution in [1.82, 2.24) is 15.2 Å². The highest BCUT2D eigenvalue weighted by Gasteiger charge is 2.49. The molecule has 0 saturated carbocycles. The molecular weight excluding hydrogens is 356 g/mol. The summed E-state index contributed by atoms with van der Waals surface area (Å²) < 4.78 is 0. The number of aromatic nitrogens is 1. The lowest BCUT2D eigenvalue weighted by atomic mass is 9.90. The van der Waals surface area contributed by atoms with Gasteiger partial charge in [0, 0.05) is 18.1 Å². The molecule has 0 unspecified atom stereocenters. The van der Waals surface area contributed by atoms with Gasteiger partial charge in [0.25, 0.3) is 5.91 Å². The molecule has 0 bridgehead atoms. The van der Waals surface area contributed by atoms with Gasteiger partial charge in [0.2, 0.25) is 5.91 Å². The van der Waals surface area contributed by atoms with E-state index in [0.29, 0.717) is 11.3 Å². The number of fused-ring (bicyclic) bond motifs is 1. The maximum absolute atomic E-state index is 13.0. The standard InChI is InChI=1S/C21H18N4O3/c1-21(16-7-6-14-4-2-3-5-15(14)12-16)19(27)25(20(28)24-21)13-18(26)23-17-8-10-22-11-9-17/h2-12H,13H2,1H3,(H,24,28)(H,22,23,26)/t21-/m1/s1. The van der Waals surface area contributed by atoms with Gasteiger partial charge in [0.15, 0.2) is 0 Å². The monoisotopic (exact) mass is 374 g/mol. The molecule has 3 aromatic rings. The second kappa shape index (κ2) is 6.77. The van der Waals surface area contributed by atoms with Crippen LogP contribution in [-0.4, -0.2) is 34.3 Å². The fourth-order valence-corrected chi connectivity index (χ4v) is 3.32. The van der Waals surface area contributed by atoms with Gasteiger partial charge in [0.1, 0.15) is 12.1 Å². The summed E-state index contributed by atoms with van der Waals surface area (Å²) in [4.78, 5) is 42.5. The van der Waals surface area contributed by atoms with Crippen molar-refractivity contribution in [3.8, 4) is 0 Å². The Labute approximate surface area is 161 Å². The summed E-state index contributed by atoms with van der Waals surface area (Å²) in [7, 11) is 0. The van der Waals surface area contributed by atoms with Crippen molar-refractivity contribution in [2.45, 2.75) is 12.5 Å². The molecule has 4 amide bonds. The molecule has 1 aliphatic heterocycles. The molecule has 2 N–H and O–H groups in total. The molecule has 1 aromatic heterocycles. The molecule has 1 fully saturated rings. The van der Waals surface area contributed by atoms with Gasteiger partial charge in [-0.15, -0.1) is 0 Å². The average Bonchev–Trinajstić information content (AvgIpc) is 2.92. The highest BCUT2D eigenvalue weighted by Crippen LogP contribution is 2.31. The predicted octanol–water partition coefficient (Wildman–Crippen LogP) is 2.64. The lowest BCUT2D eigenvalue weighted by Crippen LogP contribution is -2.42. The van der Waals surface area contributed by atoms with Crippen LogP contribution in [-0.2, 0) is 15.1 Å². The summed E-state index contributed by atoms with van der Waals surface area (Å²) in [6.45, 7) is 1.29. The number of imide groups is 1. The summed E-state index contributed by atoms with van der Waals surface area (Å²) in [5, 5.41) is 7.39. The molecule has 2 heterocycles. The number of pyridine rings is 1. The Balaban J connectivity index is 1.56. The molecular formula is C21H18N4O3. The Hall–Kier alpha value is -3.74. The zero-order chi connectivity index (χ0) is 19.7. The Kier molecular flexibility index (Phi) is 4.27. The van der Waals surface area contributed by atoms with Crippen LogP contribution in [0.5, 0.6) is 0 Å². The van der Waals surface area contributed by atoms with Crippen LogP contribution < -0.4 is 10.6 Å². The Bertz CT molecular complexity index is 1080. The summed E-state index contributed by atoms with van der Waals surface area (Å²) in [6.07, 6.45) is 3.08. The zero-order valence-corrected chi connectivity index (χ0v) is 15.2. The largest absolute Gasteiger partial charge is 0.325 e. The van der Waals surface area contributed by atoms with Crippen molar-refractivity contribution >= 4 is 34.3 Å². The summed E-state index contributed by atoms with van der Waals surface area (Å²) in [5.41, 5.74) is -0.0103. The number of carbonyl (C=O) groups excluding carboxylic acids is 3. The third kappa shape index (κ3) is 3.07. The van der Waals surface area contributed by atoms with Crippen LogP contribution in [0.25, 0.3) is 10.8 Å². The minimum absolute atomic E-state index is 0.365. The van der Waals surface area contributed by atoms with Gasteiger partial charge in [-0.3, -0.25) is 19.5 Å². The van der Waals surface area contributed by atoms with Crippen LogP contribution in [0.4, 0.5) is 10.5 Å². The van der Waals surface area contributed by atoms with E-state index < -0.39 is 23.4 Å². The molecule has 7 heteroatoms. The smallest absolute Gasteiger partial charge is 0.324 e. The Morgan fingerprint density at radius 2 is 1.79 bits per heavy atom. The second-order valence-corrected chi connectivity index (χ2v) is 6.79. The molecule has 4 rings (SSSR count). The normalized spacial score (nSPS) is 19.0. The number of anilines is 1. The highest BCUT2D eigenvalue weighted by atomic mass is 16.2. The molecule has 1 saturated heterocycles. The van der Waals surface area contributed by atoms with Crippen molar-refractivity contribution in [2.75, 3.05) is 11.9 Å². The van der Waals surface area contributed by atoms with Crippen molar-refractivity contribution in [3.05, 3.63) is 72.6 Å². The molecule has 0 radical (unpaired) electrons. The SMILES string of the molecule is C[C@]1(c2ccc3ccccc3c2)NC(=O)N(CC(=O)Nc2ccncc2)C1=O. The molecule has 140 valence electrons. The van der Waals surface area contributed by atoms with Crippen LogP contribution in [0.15, 0.2) is 67.0 Å². The number of urea groups is 1. The van der Waals surface area contributed by atoms with E-state index in [1.54, 1.807) is 31.5 Å². The summed E-state index contributed by atoms with van der Waals surface area (Å²) in [5.74, 6) is -0.921. The van der Waals surface area contributed by atoms with E-state index in [2.05, 4.69) is 15.6 Å². The van der Waals surface area contributed by atoms with Gasteiger partial charge in [-0.05, 0) is 41.5 Å². The van der Waals surface area contributed by atoms with E-state index in [0.717, 1.165) is 15.7 Å². The maximum atomic E-state index is 13.0. The van der Waals surface area contributed by atoms with Gasteiger partial charge >= 0.3 is 6.03 Å². The molecule has 0 aliphatic carbocycles. The Morgan fingerprint density at radius 1 is 1.07 bits per heavy atom. The summed E-state index contributed by atoms with van der Waals surface area (Å²) >= 11 is 0. The van der Waals surface area contributed by atoms with Crippen LogP contribution in [0.1, 0.15) is 12.5 Å². The molecule has 7 nitrogen and oxygen atoms in total. The van der Waals surface area contributed by atoms with Crippen LogP contribution in [0.3, 0.4) is 0 Å². The minimum Gasteiger partial charge on any atom is -0.324 e. The van der Waals surface area contributed by atoms with Gasteiger partial charge in [-0.1, -0.05) is 36.4 Å². The molecule has 1 atom stereocenters. The van der Waals surface area contributed by atoms with Crippen LogP contribution in [0, 0.1) is 0 Å². The predicted molar refractivity (Wildman–Crippen MR) is 104 cm³/mol. The zero-order valence-electron chi connectivity index (χ0n) is 15.2. The third-order valence-electron chi connectivity index (χ3n) is 4.87. The molecule has 0 spiro atoms. The lowest BCUT2D eigenvalue weighted by Gasteiger charge is -2.22. The fourth-order valence-electron chi connectivity index (χ4n) is 3.32. The number of hydrogen-bond donors (Lipinski definition) is 2. The topological polar surface area (TPSA) is 91.4 Å². The van der Waals surface area contributed by atoms with Crippen molar-refractivity contribution in [2.24, 2.45) is 0 Å². The van der Waals surface area contributed by atoms with E-state index in [1.165, 1.54) is 0 Å². The molecule has 28 heavy (non-hydrogen) atoms. The lowest BCUT2D eigenvalue weighted by molar-refractivity contribution is -0.133. The maximum Gasteiger partial charge on any atom is 0.325 e. The minimum atomic E-state index is -1.22. The molecule has 1 aliphatic rings. The second-order valence-electron chi connectivity index (χ2n) is 6.79. The number of amides is 4. The molecule has 2 aromatic carbocycles. The number of nitrogens with zero attached hydrogens (tertiary/aromatic N) is 2. The van der Waals surface area contributed by atoms with Crippen LogP contribution >= 0.6 is 0 Å². The van der Waals surface area contributed by atoms with E-state index in [9.17, 15) is 14.4 Å². The number of carbonyl (C=O) groups is 3. The highest BCUT2D eigenvalue weighted by molar-refractivity contribution is 6.10. The van der Waals surface area contributed by atoms with E-state index in [1.807, 2.05) is 42.5 Å². The number of rotatable bonds is 4. The van der Waals surface area contributed by atoms with E-state index in [-0.39, 0.29) is 6.54 Å². The number of benzene rings is 2.